The van der Waals surface area contributed by atoms with Crippen molar-refractivity contribution in [2.45, 2.75) is 50.9 Å². The van der Waals surface area contributed by atoms with Crippen molar-refractivity contribution < 1.29 is 0 Å². The van der Waals surface area contributed by atoms with Crippen molar-refractivity contribution in [2.75, 3.05) is 13.6 Å². The van der Waals surface area contributed by atoms with E-state index in [0.29, 0.717) is 11.3 Å². The van der Waals surface area contributed by atoms with Crippen molar-refractivity contribution in [1.29, 1.82) is 0 Å². The highest BCUT2D eigenvalue weighted by Gasteiger charge is 2.37. The van der Waals surface area contributed by atoms with Gasteiger partial charge in [-0.15, -0.1) is 0 Å². The minimum absolute atomic E-state index is 0.433. The second kappa shape index (κ2) is 5.22. The lowest BCUT2D eigenvalue weighted by Gasteiger charge is -2.42. The lowest BCUT2D eigenvalue weighted by Crippen LogP contribution is -2.42. The highest BCUT2D eigenvalue weighted by Crippen LogP contribution is 2.43. The highest BCUT2D eigenvalue weighted by atomic mass is 14.8. The van der Waals surface area contributed by atoms with Crippen LogP contribution in [0.4, 0.5) is 0 Å². The van der Waals surface area contributed by atoms with Crippen molar-refractivity contribution >= 4 is 0 Å². The van der Waals surface area contributed by atoms with E-state index in [0.717, 1.165) is 6.54 Å². The molecule has 0 spiro atoms. The summed E-state index contributed by atoms with van der Waals surface area (Å²) >= 11 is 0. The first kappa shape index (κ1) is 12.6. The number of likely N-dealkylation sites (N-methyl/N-ethyl adjacent to an activating group) is 1. The standard InChI is InChI=1S/C16H25N/c1-4-13(2)14-6-8-15(9-7-14)16(12-17-3)10-5-11-16/h6-9,13,17H,4-5,10-12H2,1-3H3. The summed E-state index contributed by atoms with van der Waals surface area (Å²) in [7, 11) is 2.06. The maximum Gasteiger partial charge on any atom is 0.00776 e. The molecule has 1 aromatic rings. The van der Waals surface area contributed by atoms with Gasteiger partial charge in [0.05, 0.1) is 0 Å². The molecule has 0 saturated heterocycles. The molecule has 1 unspecified atom stereocenters. The lowest BCUT2D eigenvalue weighted by atomic mass is 9.64. The molecule has 1 aliphatic rings. The normalized spacial score (nSPS) is 19.7. The molecule has 1 atom stereocenters. The molecular weight excluding hydrogens is 206 g/mol. The first-order valence-corrected chi connectivity index (χ1v) is 6.97. The van der Waals surface area contributed by atoms with E-state index >= 15 is 0 Å². The fourth-order valence-corrected chi connectivity index (χ4v) is 2.91. The van der Waals surface area contributed by atoms with E-state index in [2.05, 4.69) is 50.5 Å². The maximum absolute atomic E-state index is 3.36. The summed E-state index contributed by atoms with van der Waals surface area (Å²) in [6, 6.07) is 9.38. The van der Waals surface area contributed by atoms with Crippen molar-refractivity contribution in [3.63, 3.8) is 0 Å². The minimum atomic E-state index is 0.433. The Morgan fingerprint density at radius 1 is 1.24 bits per heavy atom. The number of nitrogens with one attached hydrogen (secondary N) is 1. The van der Waals surface area contributed by atoms with Crippen LogP contribution in [0.1, 0.15) is 56.6 Å². The van der Waals surface area contributed by atoms with Gasteiger partial charge >= 0.3 is 0 Å². The molecule has 1 nitrogen and oxygen atoms in total. The predicted octanol–water partition coefficient (Wildman–Crippen LogP) is 3.84. The molecule has 1 saturated carbocycles. The van der Waals surface area contributed by atoms with E-state index < -0.39 is 0 Å². The van der Waals surface area contributed by atoms with Gasteiger partial charge in [0.1, 0.15) is 0 Å². The van der Waals surface area contributed by atoms with E-state index in [-0.39, 0.29) is 0 Å². The molecule has 17 heavy (non-hydrogen) atoms. The third kappa shape index (κ3) is 2.40. The summed E-state index contributed by atoms with van der Waals surface area (Å²) in [5.74, 6) is 0.686. The second-order valence-electron chi connectivity index (χ2n) is 5.60. The van der Waals surface area contributed by atoms with Crippen LogP contribution < -0.4 is 5.32 Å². The van der Waals surface area contributed by atoms with Gasteiger partial charge in [-0.2, -0.15) is 0 Å². The molecule has 0 aliphatic heterocycles. The molecule has 0 bridgehead atoms. The first-order chi connectivity index (χ1) is 8.22. The van der Waals surface area contributed by atoms with Crippen LogP contribution in [0.15, 0.2) is 24.3 Å². The van der Waals surface area contributed by atoms with Crippen LogP contribution in [0.25, 0.3) is 0 Å². The second-order valence-corrected chi connectivity index (χ2v) is 5.60. The predicted molar refractivity (Wildman–Crippen MR) is 74.6 cm³/mol. The van der Waals surface area contributed by atoms with Crippen molar-refractivity contribution in [3.8, 4) is 0 Å². The maximum atomic E-state index is 3.36. The van der Waals surface area contributed by atoms with Gasteiger partial charge in [-0.05, 0) is 43.4 Å². The average molecular weight is 231 g/mol. The van der Waals surface area contributed by atoms with E-state index in [4.69, 9.17) is 0 Å². The summed E-state index contributed by atoms with van der Waals surface area (Å²) < 4.78 is 0. The fraction of sp³-hybridized carbons (Fsp3) is 0.625. The van der Waals surface area contributed by atoms with E-state index in [1.54, 1.807) is 0 Å². The van der Waals surface area contributed by atoms with Gasteiger partial charge in [0, 0.05) is 12.0 Å². The average Bonchev–Trinajstić information content (AvgIpc) is 2.33. The van der Waals surface area contributed by atoms with Crippen LogP contribution in [0.2, 0.25) is 0 Å². The summed E-state index contributed by atoms with van der Waals surface area (Å²) in [4.78, 5) is 0. The zero-order valence-electron chi connectivity index (χ0n) is 11.4. The fourth-order valence-electron chi connectivity index (χ4n) is 2.91. The SMILES string of the molecule is CCC(C)c1ccc(C2(CNC)CCC2)cc1. The van der Waals surface area contributed by atoms with Crippen LogP contribution in [0.3, 0.4) is 0 Å². The monoisotopic (exact) mass is 231 g/mol. The Kier molecular flexibility index (Phi) is 3.88. The Balaban J connectivity index is 2.16. The Labute approximate surface area is 106 Å². The number of benzene rings is 1. The lowest BCUT2D eigenvalue weighted by molar-refractivity contribution is 0.239. The Morgan fingerprint density at radius 2 is 1.88 bits per heavy atom. The van der Waals surface area contributed by atoms with Gasteiger partial charge in [-0.25, -0.2) is 0 Å². The molecule has 1 N–H and O–H groups in total. The Morgan fingerprint density at radius 3 is 2.29 bits per heavy atom. The van der Waals surface area contributed by atoms with Crippen molar-refractivity contribution in [1.82, 2.24) is 5.32 Å². The number of rotatable bonds is 5. The molecule has 94 valence electrons. The zero-order chi connectivity index (χ0) is 12.3. The molecule has 0 radical (unpaired) electrons. The summed E-state index contributed by atoms with van der Waals surface area (Å²) in [6.07, 6.45) is 5.29. The number of hydrogen-bond donors (Lipinski definition) is 1. The van der Waals surface area contributed by atoms with Gasteiger partial charge < -0.3 is 5.32 Å². The summed E-state index contributed by atoms with van der Waals surface area (Å²) in [6.45, 7) is 5.68. The summed E-state index contributed by atoms with van der Waals surface area (Å²) in [5.41, 5.74) is 3.45. The molecule has 1 heteroatoms. The molecule has 0 amide bonds. The largest absolute Gasteiger partial charge is 0.319 e. The van der Waals surface area contributed by atoms with E-state index in [9.17, 15) is 0 Å². The zero-order valence-corrected chi connectivity index (χ0v) is 11.4. The molecule has 1 aliphatic carbocycles. The van der Waals surface area contributed by atoms with Crippen LogP contribution in [-0.2, 0) is 5.41 Å². The van der Waals surface area contributed by atoms with Gasteiger partial charge in [0.15, 0.2) is 0 Å². The van der Waals surface area contributed by atoms with Crippen LogP contribution >= 0.6 is 0 Å². The summed E-state index contributed by atoms with van der Waals surface area (Å²) in [5, 5.41) is 3.36. The smallest absolute Gasteiger partial charge is 0.00776 e. The van der Waals surface area contributed by atoms with Gasteiger partial charge in [0.2, 0.25) is 0 Å². The van der Waals surface area contributed by atoms with Crippen LogP contribution in [0.5, 0.6) is 0 Å². The van der Waals surface area contributed by atoms with Gasteiger partial charge in [0.25, 0.3) is 0 Å². The van der Waals surface area contributed by atoms with Crippen LogP contribution in [-0.4, -0.2) is 13.6 Å². The van der Waals surface area contributed by atoms with E-state index in [1.165, 1.54) is 36.8 Å². The van der Waals surface area contributed by atoms with E-state index in [1.807, 2.05) is 0 Å². The molecule has 1 aromatic carbocycles. The molecule has 0 aromatic heterocycles. The first-order valence-electron chi connectivity index (χ1n) is 6.97. The number of hydrogen-bond acceptors (Lipinski definition) is 1. The molecule has 0 heterocycles. The van der Waals surface area contributed by atoms with Crippen molar-refractivity contribution in [3.05, 3.63) is 35.4 Å². The minimum Gasteiger partial charge on any atom is -0.319 e. The highest BCUT2D eigenvalue weighted by molar-refractivity contribution is 5.33. The third-order valence-electron chi connectivity index (χ3n) is 4.53. The van der Waals surface area contributed by atoms with Crippen LogP contribution in [0, 0.1) is 0 Å². The Bertz CT molecular complexity index is 348. The quantitative estimate of drug-likeness (QED) is 0.812. The molecule has 2 rings (SSSR count). The van der Waals surface area contributed by atoms with Crippen molar-refractivity contribution in [2.24, 2.45) is 0 Å². The third-order valence-corrected chi connectivity index (χ3v) is 4.53. The van der Waals surface area contributed by atoms with Gasteiger partial charge in [-0.1, -0.05) is 44.5 Å². The van der Waals surface area contributed by atoms with Gasteiger partial charge in [-0.3, -0.25) is 0 Å². The Hall–Kier alpha value is -0.820. The topological polar surface area (TPSA) is 12.0 Å². The molecular formula is C16H25N. The molecule has 1 fully saturated rings.